The van der Waals surface area contributed by atoms with Crippen molar-refractivity contribution >= 4 is 15.8 Å². The van der Waals surface area contributed by atoms with Crippen LogP contribution in [0.1, 0.15) is 19.8 Å². The lowest BCUT2D eigenvalue weighted by Crippen LogP contribution is -2.32. The van der Waals surface area contributed by atoms with Gasteiger partial charge in [-0.2, -0.15) is 5.10 Å². The van der Waals surface area contributed by atoms with Crippen LogP contribution >= 0.6 is 0 Å². The molecule has 1 heterocycles. The van der Waals surface area contributed by atoms with E-state index >= 15 is 0 Å². The SMILES string of the molecule is CC(CCCO)NS(=O)(=O)c1cn[nH]c1N. The molecule has 1 aromatic heterocycles. The second-order valence-corrected chi connectivity index (χ2v) is 5.22. The molecule has 7 nitrogen and oxygen atoms in total. The molecule has 1 aromatic rings. The summed E-state index contributed by atoms with van der Waals surface area (Å²) in [4.78, 5) is -0.0525. The van der Waals surface area contributed by atoms with E-state index in [1.165, 1.54) is 0 Å². The highest BCUT2D eigenvalue weighted by Crippen LogP contribution is 2.14. The van der Waals surface area contributed by atoms with E-state index in [9.17, 15) is 8.42 Å². The molecule has 0 saturated carbocycles. The van der Waals surface area contributed by atoms with Crippen LogP contribution in [0.4, 0.5) is 5.82 Å². The number of hydrogen-bond donors (Lipinski definition) is 4. The summed E-state index contributed by atoms with van der Waals surface area (Å²) in [5.74, 6) is 0.0156. The molecule has 0 amide bonds. The third-order valence-corrected chi connectivity index (χ3v) is 3.69. The van der Waals surface area contributed by atoms with Crippen molar-refractivity contribution in [2.45, 2.75) is 30.7 Å². The van der Waals surface area contributed by atoms with E-state index in [2.05, 4.69) is 14.9 Å². The first kappa shape index (κ1) is 12.9. The fourth-order valence-corrected chi connectivity index (χ4v) is 2.59. The maximum Gasteiger partial charge on any atom is 0.246 e. The van der Waals surface area contributed by atoms with Gasteiger partial charge >= 0.3 is 0 Å². The van der Waals surface area contributed by atoms with Gasteiger partial charge in [-0.15, -0.1) is 0 Å². The molecule has 0 fully saturated rings. The molecule has 1 atom stereocenters. The summed E-state index contributed by atoms with van der Waals surface area (Å²) in [6.07, 6.45) is 2.27. The molecule has 1 unspecified atom stereocenters. The van der Waals surface area contributed by atoms with Gasteiger partial charge in [0, 0.05) is 12.6 Å². The van der Waals surface area contributed by atoms with Crippen molar-refractivity contribution in [3.05, 3.63) is 6.20 Å². The van der Waals surface area contributed by atoms with Crippen molar-refractivity contribution in [2.75, 3.05) is 12.3 Å². The van der Waals surface area contributed by atoms with E-state index in [0.29, 0.717) is 12.8 Å². The first-order chi connectivity index (χ1) is 7.47. The molecule has 0 aliphatic rings. The maximum absolute atomic E-state index is 11.8. The van der Waals surface area contributed by atoms with Crippen LogP contribution in [0.2, 0.25) is 0 Å². The number of nitrogens with one attached hydrogen (secondary N) is 2. The molecule has 0 bridgehead atoms. The molecule has 5 N–H and O–H groups in total. The highest BCUT2D eigenvalue weighted by Gasteiger charge is 2.21. The van der Waals surface area contributed by atoms with Gasteiger partial charge in [0.05, 0.1) is 6.20 Å². The Morgan fingerprint density at radius 1 is 1.69 bits per heavy atom. The summed E-state index contributed by atoms with van der Waals surface area (Å²) >= 11 is 0. The Hall–Kier alpha value is -1.12. The van der Waals surface area contributed by atoms with E-state index in [1.54, 1.807) is 6.92 Å². The maximum atomic E-state index is 11.8. The Morgan fingerprint density at radius 3 is 2.88 bits per heavy atom. The molecule has 0 aliphatic carbocycles. The second-order valence-electron chi connectivity index (χ2n) is 3.54. The Balaban J connectivity index is 2.69. The number of sulfonamides is 1. The van der Waals surface area contributed by atoms with Gasteiger partial charge in [0.1, 0.15) is 10.7 Å². The molecular formula is C8H16N4O3S. The summed E-state index contributed by atoms with van der Waals surface area (Å²) in [6, 6.07) is -0.258. The lowest BCUT2D eigenvalue weighted by atomic mass is 10.2. The fraction of sp³-hybridized carbons (Fsp3) is 0.625. The van der Waals surface area contributed by atoms with E-state index in [0.717, 1.165) is 6.20 Å². The zero-order chi connectivity index (χ0) is 12.2. The Kier molecular flexibility index (Phi) is 4.27. The summed E-state index contributed by atoms with van der Waals surface area (Å²) in [6.45, 7) is 1.77. The van der Waals surface area contributed by atoms with Crippen LogP contribution in [0.15, 0.2) is 11.1 Å². The zero-order valence-electron chi connectivity index (χ0n) is 8.97. The van der Waals surface area contributed by atoms with Gasteiger partial charge < -0.3 is 10.8 Å². The van der Waals surface area contributed by atoms with Crippen molar-refractivity contribution in [2.24, 2.45) is 0 Å². The minimum absolute atomic E-state index is 0.0156. The lowest BCUT2D eigenvalue weighted by molar-refractivity contribution is 0.279. The number of anilines is 1. The largest absolute Gasteiger partial charge is 0.396 e. The van der Waals surface area contributed by atoms with Crippen LogP contribution in [0.5, 0.6) is 0 Å². The Morgan fingerprint density at radius 2 is 2.38 bits per heavy atom. The van der Waals surface area contributed by atoms with Crippen molar-refractivity contribution in [1.82, 2.24) is 14.9 Å². The highest BCUT2D eigenvalue weighted by atomic mass is 32.2. The topological polar surface area (TPSA) is 121 Å². The molecular weight excluding hydrogens is 232 g/mol. The van der Waals surface area contributed by atoms with Gasteiger partial charge in [0.25, 0.3) is 0 Å². The first-order valence-corrected chi connectivity index (χ1v) is 6.37. The first-order valence-electron chi connectivity index (χ1n) is 4.89. The number of aromatic nitrogens is 2. The van der Waals surface area contributed by atoms with Crippen molar-refractivity contribution < 1.29 is 13.5 Å². The molecule has 1 rings (SSSR count). The monoisotopic (exact) mass is 248 g/mol. The predicted molar refractivity (Wildman–Crippen MR) is 59.1 cm³/mol. The molecule has 0 radical (unpaired) electrons. The number of aliphatic hydroxyl groups is 1. The van der Waals surface area contributed by atoms with E-state index in [-0.39, 0.29) is 23.4 Å². The molecule has 16 heavy (non-hydrogen) atoms. The summed E-state index contributed by atoms with van der Waals surface area (Å²) in [5.41, 5.74) is 5.43. The smallest absolute Gasteiger partial charge is 0.246 e. The standard InChI is InChI=1S/C8H16N4O3S/c1-6(3-2-4-13)12-16(14,15)7-5-10-11-8(7)9/h5-6,12-13H,2-4H2,1H3,(H3,9,10,11). The summed E-state index contributed by atoms with van der Waals surface area (Å²) < 4.78 is 26.0. The number of aliphatic hydroxyl groups excluding tert-OH is 1. The minimum Gasteiger partial charge on any atom is -0.396 e. The van der Waals surface area contributed by atoms with Gasteiger partial charge in [-0.3, -0.25) is 5.10 Å². The normalized spacial score (nSPS) is 13.9. The minimum atomic E-state index is -3.63. The Bertz CT molecular complexity index is 428. The quantitative estimate of drug-likeness (QED) is 0.537. The Labute approximate surface area is 94.1 Å². The molecule has 0 aromatic carbocycles. The lowest BCUT2D eigenvalue weighted by Gasteiger charge is -2.12. The van der Waals surface area contributed by atoms with E-state index in [1.807, 2.05) is 0 Å². The molecule has 8 heteroatoms. The van der Waals surface area contributed by atoms with Crippen molar-refractivity contribution in [3.8, 4) is 0 Å². The number of nitrogen functional groups attached to an aromatic ring is 1. The second kappa shape index (κ2) is 5.28. The van der Waals surface area contributed by atoms with E-state index < -0.39 is 10.0 Å². The fourth-order valence-electron chi connectivity index (χ4n) is 1.28. The summed E-state index contributed by atoms with van der Waals surface area (Å²) in [7, 11) is -3.63. The van der Waals surface area contributed by atoms with Gasteiger partial charge in [0.2, 0.25) is 10.0 Å². The third-order valence-electron chi connectivity index (χ3n) is 2.07. The van der Waals surface area contributed by atoms with Gasteiger partial charge in [-0.1, -0.05) is 0 Å². The molecule has 92 valence electrons. The van der Waals surface area contributed by atoms with Gasteiger partial charge in [-0.05, 0) is 19.8 Å². The van der Waals surface area contributed by atoms with E-state index in [4.69, 9.17) is 10.8 Å². The van der Waals surface area contributed by atoms with Crippen LogP contribution in [0.25, 0.3) is 0 Å². The van der Waals surface area contributed by atoms with Crippen LogP contribution in [-0.4, -0.2) is 36.4 Å². The number of H-pyrrole nitrogens is 1. The zero-order valence-corrected chi connectivity index (χ0v) is 9.79. The van der Waals surface area contributed by atoms with Gasteiger partial charge in [-0.25, -0.2) is 13.1 Å². The third kappa shape index (κ3) is 3.19. The average molecular weight is 248 g/mol. The van der Waals surface area contributed by atoms with Crippen LogP contribution in [0.3, 0.4) is 0 Å². The van der Waals surface area contributed by atoms with Crippen molar-refractivity contribution in [1.29, 1.82) is 0 Å². The number of hydrogen-bond acceptors (Lipinski definition) is 5. The molecule has 0 saturated heterocycles. The summed E-state index contributed by atoms with van der Waals surface area (Å²) in [5, 5.41) is 14.5. The number of nitrogens with two attached hydrogens (primary N) is 1. The number of rotatable bonds is 6. The number of aromatic amines is 1. The van der Waals surface area contributed by atoms with Crippen LogP contribution in [0, 0.1) is 0 Å². The molecule has 0 aliphatic heterocycles. The van der Waals surface area contributed by atoms with Crippen molar-refractivity contribution in [3.63, 3.8) is 0 Å². The average Bonchev–Trinajstić information content (AvgIpc) is 2.61. The number of nitrogens with zero attached hydrogens (tertiary/aromatic N) is 1. The van der Waals surface area contributed by atoms with Crippen LogP contribution in [-0.2, 0) is 10.0 Å². The highest BCUT2D eigenvalue weighted by molar-refractivity contribution is 7.89. The molecule has 0 spiro atoms. The predicted octanol–water partition coefficient (Wildman–Crippen LogP) is -0.569. The van der Waals surface area contributed by atoms with Crippen LogP contribution < -0.4 is 10.5 Å². The van der Waals surface area contributed by atoms with Gasteiger partial charge in [0.15, 0.2) is 0 Å².